The number of hydrogen-bond donors (Lipinski definition) is 2. The summed E-state index contributed by atoms with van der Waals surface area (Å²) < 4.78 is 9.54. The summed E-state index contributed by atoms with van der Waals surface area (Å²) in [5, 5.41) is 12.5. The van der Waals surface area contributed by atoms with Gasteiger partial charge in [0.05, 0.1) is 19.3 Å². The van der Waals surface area contributed by atoms with E-state index in [1.165, 1.54) is 0 Å². The van der Waals surface area contributed by atoms with Crippen molar-refractivity contribution in [1.82, 2.24) is 5.32 Å². The second-order valence-corrected chi connectivity index (χ2v) is 3.95. The Hall–Kier alpha value is -2.08. The minimum absolute atomic E-state index is 0.150. The summed E-state index contributed by atoms with van der Waals surface area (Å²) in [4.78, 5) is 23.1. The molecule has 2 unspecified atom stereocenters. The van der Waals surface area contributed by atoms with Gasteiger partial charge in [-0.15, -0.1) is 0 Å². The minimum Gasteiger partial charge on any atom is -0.464 e. The number of aliphatic hydroxyl groups excluding tert-OH is 1. The van der Waals surface area contributed by atoms with E-state index in [2.05, 4.69) is 5.32 Å². The topological polar surface area (TPSA) is 84.9 Å². The number of ether oxygens (including phenoxy) is 2. The third-order valence-corrected chi connectivity index (χ3v) is 2.55. The van der Waals surface area contributed by atoms with Crippen molar-refractivity contribution in [3.8, 4) is 0 Å². The summed E-state index contributed by atoms with van der Waals surface area (Å²) in [6.07, 6.45) is -2.20. The SMILES string of the molecule is CCOC(=O)NC(c1ccccc1)C(O)C(=O)OCC. The highest BCUT2D eigenvalue weighted by Gasteiger charge is 2.30. The van der Waals surface area contributed by atoms with Crippen LogP contribution in [0.2, 0.25) is 0 Å². The Kier molecular flexibility index (Phi) is 6.52. The van der Waals surface area contributed by atoms with E-state index in [0.717, 1.165) is 0 Å². The van der Waals surface area contributed by atoms with Gasteiger partial charge in [-0.1, -0.05) is 30.3 Å². The number of carbonyl (C=O) groups excluding carboxylic acids is 2. The molecule has 1 amide bonds. The first-order valence-corrected chi connectivity index (χ1v) is 6.43. The van der Waals surface area contributed by atoms with Gasteiger partial charge in [0, 0.05) is 0 Å². The average molecular weight is 281 g/mol. The molecule has 0 fully saturated rings. The molecule has 2 N–H and O–H groups in total. The lowest BCUT2D eigenvalue weighted by atomic mass is 10.0. The van der Waals surface area contributed by atoms with Crippen LogP contribution in [0.3, 0.4) is 0 Å². The van der Waals surface area contributed by atoms with Crippen LogP contribution >= 0.6 is 0 Å². The number of carbonyl (C=O) groups is 2. The molecule has 1 rings (SSSR count). The summed E-state index contributed by atoms with van der Waals surface area (Å²) in [5.41, 5.74) is 0.584. The number of rotatable bonds is 6. The van der Waals surface area contributed by atoms with Crippen LogP contribution in [0.4, 0.5) is 4.79 Å². The van der Waals surface area contributed by atoms with Gasteiger partial charge < -0.3 is 19.9 Å². The van der Waals surface area contributed by atoms with Gasteiger partial charge in [-0.25, -0.2) is 9.59 Å². The lowest BCUT2D eigenvalue weighted by molar-refractivity contribution is -0.154. The van der Waals surface area contributed by atoms with Crippen molar-refractivity contribution >= 4 is 12.1 Å². The first kappa shape index (κ1) is 16.0. The molecule has 6 nitrogen and oxygen atoms in total. The Balaban J connectivity index is 2.89. The summed E-state index contributed by atoms with van der Waals surface area (Å²) in [7, 11) is 0. The molecule has 1 aromatic rings. The maximum Gasteiger partial charge on any atom is 0.407 e. The van der Waals surface area contributed by atoms with E-state index in [9.17, 15) is 14.7 Å². The number of amides is 1. The smallest absolute Gasteiger partial charge is 0.407 e. The van der Waals surface area contributed by atoms with Gasteiger partial charge in [-0.3, -0.25) is 0 Å². The van der Waals surface area contributed by atoms with Crippen LogP contribution in [0.5, 0.6) is 0 Å². The van der Waals surface area contributed by atoms with Crippen molar-refractivity contribution < 1.29 is 24.2 Å². The van der Waals surface area contributed by atoms with Gasteiger partial charge in [0.25, 0.3) is 0 Å². The van der Waals surface area contributed by atoms with Gasteiger partial charge in [0.2, 0.25) is 0 Å². The molecular weight excluding hydrogens is 262 g/mol. The number of esters is 1. The van der Waals surface area contributed by atoms with E-state index < -0.39 is 24.2 Å². The number of benzene rings is 1. The molecule has 0 radical (unpaired) electrons. The van der Waals surface area contributed by atoms with Gasteiger partial charge in [0.1, 0.15) is 0 Å². The minimum atomic E-state index is -1.50. The second-order valence-electron chi connectivity index (χ2n) is 3.95. The summed E-state index contributed by atoms with van der Waals surface area (Å²) >= 11 is 0. The van der Waals surface area contributed by atoms with E-state index >= 15 is 0 Å². The predicted molar refractivity (Wildman–Crippen MR) is 72.0 cm³/mol. The molecule has 1 aromatic carbocycles. The van der Waals surface area contributed by atoms with Gasteiger partial charge in [0.15, 0.2) is 6.10 Å². The third-order valence-electron chi connectivity index (χ3n) is 2.55. The van der Waals surface area contributed by atoms with Crippen LogP contribution in [-0.4, -0.2) is 36.5 Å². The second kappa shape index (κ2) is 8.16. The molecule has 0 spiro atoms. The predicted octanol–water partition coefficient (Wildman–Crippen LogP) is 1.40. The lowest BCUT2D eigenvalue weighted by Gasteiger charge is -2.22. The summed E-state index contributed by atoms with van der Waals surface area (Å²) in [6.45, 7) is 3.65. The zero-order valence-corrected chi connectivity index (χ0v) is 11.5. The molecule has 20 heavy (non-hydrogen) atoms. The van der Waals surface area contributed by atoms with Crippen molar-refractivity contribution in [3.63, 3.8) is 0 Å². The molecule has 0 aliphatic carbocycles. The Morgan fingerprint density at radius 3 is 2.30 bits per heavy atom. The Bertz CT molecular complexity index is 434. The molecule has 0 saturated heterocycles. The van der Waals surface area contributed by atoms with Crippen molar-refractivity contribution in [3.05, 3.63) is 35.9 Å². The third kappa shape index (κ3) is 4.55. The first-order valence-electron chi connectivity index (χ1n) is 6.43. The maximum absolute atomic E-state index is 11.6. The largest absolute Gasteiger partial charge is 0.464 e. The van der Waals surface area contributed by atoms with Crippen molar-refractivity contribution in [2.24, 2.45) is 0 Å². The summed E-state index contributed by atoms with van der Waals surface area (Å²) in [5.74, 6) is -0.793. The fourth-order valence-corrected chi connectivity index (χ4v) is 1.67. The molecule has 0 bridgehead atoms. The fraction of sp³-hybridized carbons (Fsp3) is 0.429. The van der Waals surface area contributed by atoms with Crippen molar-refractivity contribution in [1.29, 1.82) is 0 Å². The quantitative estimate of drug-likeness (QED) is 0.770. The first-order chi connectivity index (χ1) is 9.60. The standard InChI is InChI=1S/C14H19NO5/c1-3-19-13(17)12(16)11(15-14(18)20-4-2)10-8-6-5-7-9-10/h5-9,11-12,16H,3-4H2,1-2H3,(H,15,18). The van der Waals surface area contributed by atoms with E-state index in [4.69, 9.17) is 9.47 Å². The molecule has 0 aromatic heterocycles. The zero-order valence-electron chi connectivity index (χ0n) is 11.5. The number of alkyl carbamates (subject to hydrolysis) is 1. The molecule has 2 atom stereocenters. The van der Waals surface area contributed by atoms with Crippen molar-refractivity contribution in [2.75, 3.05) is 13.2 Å². The molecule has 110 valence electrons. The van der Waals surface area contributed by atoms with E-state index in [-0.39, 0.29) is 13.2 Å². The van der Waals surface area contributed by atoms with E-state index in [0.29, 0.717) is 5.56 Å². The maximum atomic E-state index is 11.6. The molecular formula is C14H19NO5. The van der Waals surface area contributed by atoms with Crippen LogP contribution in [-0.2, 0) is 14.3 Å². The molecule has 0 aliphatic heterocycles. The van der Waals surface area contributed by atoms with Gasteiger partial charge in [-0.2, -0.15) is 0 Å². The zero-order chi connectivity index (χ0) is 15.0. The number of hydrogen-bond acceptors (Lipinski definition) is 5. The molecule has 0 aliphatic rings. The molecule has 0 saturated carbocycles. The fourth-order valence-electron chi connectivity index (χ4n) is 1.67. The summed E-state index contributed by atoms with van der Waals surface area (Å²) in [6, 6.07) is 7.75. The molecule has 6 heteroatoms. The normalized spacial score (nSPS) is 13.2. The van der Waals surface area contributed by atoms with Crippen LogP contribution in [0, 0.1) is 0 Å². The highest BCUT2D eigenvalue weighted by atomic mass is 16.6. The Morgan fingerprint density at radius 1 is 1.15 bits per heavy atom. The monoisotopic (exact) mass is 281 g/mol. The highest BCUT2D eigenvalue weighted by molar-refractivity contribution is 5.77. The van der Waals surface area contributed by atoms with Gasteiger partial charge >= 0.3 is 12.1 Å². The van der Waals surface area contributed by atoms with Crippen LogP contribution in [0.1, 0.15) is 25.5 Å². The number of aliphatic hydroxyl groups is 1. The molecule has 0 heterocycles. The lowest BCUT2D eigenvalue weighted by Crippen LogP contribution is -2.41. The van der Waals surface area contributed by atoms with Crippen LogP contribution in [0.15, 0.2) is 30.3 Å². The van der Waals surface area contributed by atoms with Crippen LogP contribution < -0.4 is 5.32 Å². The highest BCUT2D eigenvalue weighted by Crippen LogP contribution is 2.18. The number of nitrogens with one attached hydrogen (secondary N) is 1. The Morgan fingerprint density at radius 2 is 1.75 bits per heavy atom. The average Bonchev–Trinajstić information content (AvgIpc) is 2.45. The van der Waals surface area contributed by atoms with Gasteiger partial charge in [-0.05, 0) is 19.4 Å². The van der Waals surface area contributed by atoms with Crippen LogP contribution in [0.25, 0.3) is 0 Å². The Labute approximate surface area is 117 Å². The van der Waals surface area contributed by atoms with E-state index in [1.54, 1.807) is 44.2 Å². The van der Waals surface area contributed by atoms with Crippen molar-refractivity contribution in [2.45, 2.75) is 26.0 Å². The van der Waals surface area contributed by atoms with E-state index in [1.807, 2.05) is 0 Å².